The van der Waals surface area contributed by atoms with Crippen molar-refractivity contribution in [2.24, 2.45) is 0 Å². The molecule has 0 saturated carbocycles. The number of rotatable bonds is 3. The topological polar surface area (TPSA) is 38.0 Å². The molecular weight excluding hydrogens is 497 g/mol. The second-order valence-corrected chi connectivity index (χ2v) is 10.5. The van der Waals surface area contributed by atoms with E-state index in [1.807, 2.05) is 18.2 Å². The van der Waals surface area contributed by atoms with Crippen molar-refractivity contribution in [3.05, 3.63) is 108 Å². The van der Waals surface area contributed by atoms with E-state index in [1.54, 1.807) is 6.92 Å². The molecule has 0 saturated heterocycles. The van der Waals surface area contributed by atoms with Crippen LogP contribution in [0.1, 0.15) is 11.4 Å². The van der Waals surface area contributed by atoms with Crippen LogP contribution in [0.3, 0.4) is 0 Å². The molecule has 3 nitrogen and oxygen atoms in total. The molecule has 7 aromatic rings. The van der Waals surface area contributed by atoms with Gasteiger partial charge in [-0.1, -0.05) is 95.4 Å². The van der Waals surface area contributed by atoms with Gasteiger partial charge in [-0.2, -0.15) is 0 Å². The number of para-hydroxylation sites is 2. The van der Waals surface area contributed by atoms with Crippen molar-refractivity contribution in [2.45, 2.75) is 13.8 Å². The fourth-order valence-electron chi connectivity index (χ4n) is 6.15. The predicted molar refractivity (Wildman–Crippen MR) is 174 cm³/mol. The lowest BCUT2D eigenvalue weighted by atomic mass is 9.70. The summed E-state index contributed by atoms with van der Waals surface area (Å²) in [6, 6.07) is 33.4. The monoisotopic (exact) mass is 520 g/mol. The van der Waals surface area contributed by atoms with Crippen molar-refractivity contribution in [1.82, 2.24) is 9.55 Å². The van der Waals surface area contributed by atoms with E-state index in [2.05, 4.69) is 90.4 Å². The lowest BCUT2D eigenvalue weighted by Crippen LogP contribution is -2.31. The van der Waals surface area contributed by atoms with E-state index < -0.39 is 0 Å². The Balaban J connectivity index is 1.57. The fourth-order valence-corrected chi connectivity index (χ4v) is 6.15. The van der Waals surface area contributed by atoms with Gasteiger partial charge in [0.05, 0.1) is 16.7 Å². The summed E-state index contributed by atoms with van der Waals surface area (Å²) in [6.45, 7) is 3.85. The molecule has 0 atom stereocenters. The highest BCUT2D eigenvalue weighted by atomic mass is 16.3. The first-order valence-corrected chi connectivity index (χ1v) is 13.5. The van der Waals surface area contributed by atoms with E-state index >= 15 is 0 Å². The summed E-state index contributed by atoms with van der Waals surface area (Å²) in [5.74, 6) is 0.793. The van der Waals surface area contributed by atoms with Crippen molar-refractivity contribution < 1.29 is 5.11 Å². The van der Waals surface area contributed by atoms with Crippen LogP contribution in [0.4, 0.5) is 0 Å². The van der Waals surface area contributed by atoms with Gasteiger partial charge in [-0.3, -0.25) is 4.57 Å². The standard InChI is InChI=1S/C35H23B3N2O/c1-19-31(36)30(33(38)35(41)32(19)37)22-11-9-10-21(18-22)29-23-12-3-5-14-25(23)34(26-15-6-4-13-24(26)29)40-20(2)39-27-16-7-8-17-28(27)40/h3-18,41H,1-2H3. The first-order chi connectivity index (χ1) is 19.9. The largest absolute Gasteiger partial charge is 0.509 e. The SMILES string of the molecule is [B]c1c(C)c([B])c(-c2cccc(-c3c4ccccc4c(-n4c(C)nc5ccccc54)c4ccccc34)c2)c([B])c1O. The maximum atomic E-state index is 10.6. The summed E-state index contributed by atoms with van der Waals surface area (Å²) < 4.78 is 2.27. The smallest absolute Gasteiger partial charge is 0.119 e. The Morgan fingerprint density at radius 1 is 0.610 bits per heavy atom. The van der Waals surface area contributed by atoms with Gasteiger partial charge in [0.2, 0.25) is 0 Å². The molecule has 7 rings (SSSR count). The Labute approximate surface area is 242 Å². The number of phenolic OH excluding ortho intramolecular Hbond substituents is 1. The molecular formula is C35H23B3N2O. The number of imidazole rings is 1. The van der Waals surface area contributed by atoms with E-state index in [1.165, 1.54) is 0 Å². The Morgan fingerprint density at radius 2 is 1.17 bits per heavy atom. The average Bonchev–Trinajstić information content (AvgIpc) is 3.33. The Hall–Kier alpha value is -4.70. The zero-order valence-corrected chi connectivity index (χ0v) is 22.8. The maximum absolute atomic E-state index is 10.6. The first-order valence-electron chi connectivity index (χ1n) is 13.5. The molecule has 0 unspecified atom stereocenters. The molecule has 1 heterocycles. The number of aromatic hydroxyl groups is 1. The van der Waals surface area contributed by atoms with E-state index in [4.69, 9.17) is 28.5 Å². The number of nitrogens with zero attached hydrogens (tertiary/aromatic N) is 2. The van der Waals surface area contributed by atoms with Gasteiger partial charge >= 0.3 is 0 Å². The lowest BCUT2D eigenvalue weighted by Gasteiger charge is -2.21. The number of fused-ring (bicyclic) bond motifs is 3. The van der Waals surface area contributed by atoms with Gasteiger partial charge in [-0.05, 0) is 70.5 Å². The summed E-state index contributed by atoms with van der Waals surface area (Å²) in [5.41, 5.74) is 8.11. The van der Waals surface area contributed by atoms with Crippen LogP contribution in [0, 0.1) is 13.8 Å². The molecule has 0 amide bonds. The van der Waals surface area contributed by atoms with E-state index in [-0.39, 0.29) is 16.7 Å². The Morgan fingerprint density at radius 3 is 1.83 bits per heavy atom. The molecule has 0 aliphatic rings. The van der Waals surface area contributed by atoms with Crippen LogP contribution in [0.2, 0.25) is 0 Å². The summed E-state index contributed by atoms with van der Waals surface area (Å²) in [7, 11) is 18.9. The van der Waals surface area contributed by atoms with Gasteiger partial charge in [0.15, 0.2) is 0 Å². The number of hydrogen-bond acceptors (Lipinski definition) is 2. The van der Waals surface area contributed by atoms with Gasteiger partial charge in [0.1, 0.15) is 35.1 Å². The number of benzene rings is 6. The van der Waals surface area contributed by atoms with Crippen molar-refractivity contribution in [2.75, 3.05) is 0 Å². The molecule has 1 N–H and O–H groups in total. The highest BCUT2D eigenvalue weighted by molar-refractivity contribution is 6.50. The Bertz CT molecular complexity index is 2100. The highest BCUT2D eigenvalue weighted by Crippen LogP contribution is 2.42. The summed E-state index contributed by atoms with van der Waals surface area (Å²) in [6.07, 6.45) is 0. The van der Waals surface area contributed by atoms with Crippen LogP contribution in [-0.4, -0.2) is 38.2 Å². The average molecular weight is 520 g/mol. The van der Waals surface area contributed by atoms with E-state index in [0.717, 1.165) is 60.8 Å². The molecule has 0 aliphatic carbocycles. The van der Waals surface area contributed by atoms with Gasteiger partial charge in [0, 0.05) is 10.8 Å². The van der Waals surface area contributed by atoms with Crippen LogP contribution >= 0.6 is 0 Å². The molecule has 6 aromatic carbocycles. The minimum absolute atomic E-state index is 0.139. The van der Waals surface area contributed by atoms with Crippen LogP contribution in [0.15, 0.2) is 97.1 Å². The third-order valence-corrected chi connectivity index (χ3v) is 8.15. The lowest BCUT2D eigenvalue weighted by molar-refractivity contribution is 0.484. The highest BCUT2D eigenvalue weighted by Gasteiger charge is 2.20. The van der Waals surface area contributed by atoms with E-state index in [0.29, 0.717) is 16.6 Å². The normalized spacial score (nSPS) is 11.6. The molecule has 188 valence electrons. The van der Waals surface area contributed by atoms with Crippen molar-refractivity contribution in [3.8, 4) is 33.7 Å². The van der Waals surface area contributed by atoms with Crippen LogP contribution in [0.5, 0.6) is 5.75 Å². The minimum Gasteiger partial charge on any atom is -0.509 e. The van der Waals surface area contributed by atoms with Gasteiger partial charge in [0.25, 0.3) is 0 Å². The van der Waals surface area contributed by atoms with Crippen molar-refractivity contribution in [1.29, 1.82) is 0 Å². The van der Waals surface area contributed by atoms with Crippen LogP contribution in [-0.2, 0) is 0 Å². The molecule has 0 bridgehead atoms. The molecule has 6 heteroatoms. The van der Waals surface area contributed by atoms with Crippen molar-refractivity contribution >= 4 is 72.5 Å². The molecule has 41 heavy (non-hydrogen) atoms. The minimum atomic E-state index is -0.139. The fraction of sp³-hybridized carbons (Fsp3) is 0.0571. The molecule has 6 radical (unpaired) electrons. The quantitative estimate of drug-likeness (QED) is 0.252. The summed E-state index contributed by atoms with van der Waals surface area (Å²) >= 11 is 0. The third kappa shape index (κ3) is 3.74. The van der Waals surface area contributed by atoms with Gasteiger partial charge in [-0.25, -0.2) is 4.98 Å². The molecule has 1 aromatic heterocycles. The summed E-state index contributed by atoms with van der Waals surface area (Å²) in [5, 5.41) is 15.1. The zero-order valence-electron chi connectivity index (χ0n) is 22.8. The number of phenols is 1. The zero-order chi connectivity index (χ0) is 28.4. The Kier molecular flexibility index (Phi) is 5.83. The second kappa shape index (κ2) is 9.45. The third-order valence-electron chi connectivity index (χ3n) is 8.15. The van der Waals surface area contributed by atoms with Crippen molar-refractivity contribution in [3.63, 3.8) is 0 Å². The van der Waals surface area contributed by atoms with Gasteiger partial charge < -0.3 is 5.11 Å². The van der Waals surface area contributed by atoms with Crippen LogP contribution < -0.4 is 16.4 Å². The van der Waals surface area contributed by atoms with E-state index in [9.17, 15) is 5.11 Å². The molecule has 0 fully saturated rings. The maximum Gasteiger partial charge on any atom is 0.119 e. The number of aryl methyl sites for hydroxylation is 1. The molecule has 0 spiro atoms. The summed E-state index contributed by atoms with van der Waals surface area (Å²) in [4.78, 5) is 4.88. The first kappa shape index (κ1) is 25.3. The van der Waals surface area contributed by atoms with Gasteiger partial charge in [-0.15, -0.1) is 0 Å². The van der Waals surface area contributed by atoms with Crippen LogP contribution in [0.25, 0.3) is 60.5 Å². The molecule has 0 aliphatic heterocycles. The number of hydrogen-bond donors (Lipinski definition) is 1. The number of aromatic nitrogens is 2. The predicted octanol–water partition coefficient (Wildman–Crippen LogP) is 5.37. The second-order valence-electron chi connectivity index (χ2n) is 10.5.